The highest BCUT2D eigenvalue weighted by Crippen LogP contribution is 2.28. The van der Waals surface area contributed by atoms with Gasteiger partial charge in [0.1, 0.15) is 5.75 Å². The zero-order valence-electron chi connectivity index (χ0n) is 11.7. The van der Waals surface area contributed by atoms with Crippen molar-refractivity contribution in [1.82, 2.24) is 5.32 Å². The minimum Gasteiger partial charge on any atom is -0.490 e. The molecule has 0 saturated heterocycles. The Hall–Kier alpha value is -1.10. The van der Waals surface area contributed by atoms with Crippen LogP contribution in [0.25, 0.3) is 0 Å². The number of benzene rings is 1. The minimum atomic E-state index is 0.180. The molecule has 1 fully saturated rings. The van der Waals surface area contributed by atoms with E-state index in [1.54, 1.807) is 7.11 Å². The Bertz CT molecular complexity index is 379. The van der Waals surface area contributed by atoms with Crippen LogP contribution in [0.5, 0.6) is 5.75 Å². The van der Waals surface area contributed by atoms with E-state index in [9.17, 15) is 0 Å². The summed E-state index contributed by atoms with van der Waals surface area (Å²) in [7, 11) is 3.62. The summed E-state index contributed by atoms with van der Waals surface area (Å²) in [5, 5.41) is 3.27. The predicted octanol–water partition coefficient (Wildman–Crippen LogP) is 2.15. The fourth-order valence-corrected chi connectivity index (χ4v) is 1.87. The molecule has 0 bridgehead atoms. The van der Waals surface area contributed by atoms with Crippen molar-refractivity contribution in [3.63, 3.8) is 0 Å². The number of hydrogen-bond donors (Lipinski definition) is 1. The van der Waals surface area contributed by atoms with E-state index >= 15 is 0 Å². The topological polar surface area (TPSA) is 39.7 Å². The number of nitrogens with one attached hydrogen (secondary N) is 1. The summed E-state index contributed by atoms with van der Waals surface area (Å²) in [4.78, 5) is 0. The van der Waals surface area contributed by atoms with Crippen molar-refractivity contribution < 1.29 is 14.2 Å². The molecule has 1 aliphatic rings. The van der Waals surface area contributed by atoms with Crippen LogP contribution < -0.4 is 10.1 Å². The highest BCUT2D eigenvalue weighted by atomic mass is 16.5. The van der Waals surface area contributed by atoms with Crippen molar-refractivity contribution in [3.05, 3.63) is 29.8 Å². The highest BCUT2D eigenvalue weighted by molar-refractivity contribution is 5.31. The number of ether oxygens (including phenoxy) is 3. The molecule has 1 aromatic rings. The van der Waals surface area contributed by atoms with Gasteiger partial charge >= 0.3 is 0 Å². The van der Waals surface area contributed by atoms with E-state index in [-0.39, 0.29) is 6.04 Å². The van der Waals surface area contributed by atoms with Gasteiger partial charge in [0.05, 0.1) is 32.0 Å². The van der Waals surface area contributed by atoms with Crippen LogP contribution in [0.3, 0.4) is 0 Å². The monoisotopic (exact) mass is 265 g/mol. The maximum Gasteiger partial charge on any atom is 0.120 e. The van der Waals surface area contributed by atoms with Crippen LogP contribution in [0.15, 0.2) is 24.3 Å². The first kappa shape index (κ1) is 14.3. The molecule has 0 aliphatic heterocycles. The van der Waals surface area contributed by atoms with Gasteiger partial charge in [0, 0.05) is 7.11 Å². The Morgan fingerprint density at radius 2 is 2.16 bits per heavy atom. The average Bonchev–Trinajstić information content (AvgIpc) is 3.23. The lowest BCUT2D eigenvalue weighted by Crippen LogP contribution is -2.22. The predicted molar refractivity (Wildman–Crippen MR) is 74.6 cm³/mol. The summed E-state index contributed by atoms with van der Waals surface area (Å²) in [6.45, 7) is 1.88. The SMILES string of the molecule is CNC(COCCOC)c1cccc(OC2CC2)c1. The third-order valence-corrected chi connectivity index (χ3v) is 3.15. The second-order valence-corrected chi connectivity index (χ2v) is 4.80. The molecule has 1 aliphatic carbocycles. The third-order valence-electron chi connectivity index (χ3n) is 3.15. The fraction of sp³-hybridized carbons (Fsp3) is 0.600. The van der Waals surface area contributed by atoms with Crippen LogP contribution >= 0.6 is 0 Å². The van der Waals surface area contributed by atoms with Crippen LogP contribution in [0.1, 0.15) is 24.4 Å². The molecule has 1 saturated carbocycles. The molecule has 4 heteroatoms. The van der Waals surface area contributed by atoms with Gasteiger partial charge < -0.3 is 19.5 Å². The minimum absolute atomic E-state index is 0.180. The van der Waals surface area contributed by atoms with Crippen LogP contribution in [0.2, 0.25) is 0 Å². The van der Waals surface area contributed by atoms with Gasteiger partial charge in [0.2, 0.25) is 0 Å². The Morgan fingerprint density at radius 1 is 1.32 bits per heavy atom. The Morgan fingerprint density at radius 3 is 2.84 bits per heavy atom. The number of methoxy groups -OCH3 is 1. The normalized spacial score (nSPS) is 16.3. The number of hydrogen-bond acceptors (Lipinski definition) is 4. The second kappa shape index (κ2) is 7.48. The molecule has 1 N–H and O–H groups in total. The third kappa shape index (κ3) is 4.82. The molecule has 1 aromatic carbocycles. The molecular weight excluding hydrogens is 242 g/mol. The molecule has 0 radical (unpaired) electrons. The quantitative estimate of drug-likeness (QED) is 0.695. The van der Waals surface area contributed by atoms with E-state index < -0.39 is 0 Å². The smallest absolute Gasteiger partial charge is 0.120 e. The standard InChI is InChI=1S/C15H23NO3/c1-16-15(11-18-9-8-17-2)12-4-3-5-14(10-12)19-13-6-7-13/h3-5,10,13,15-16H,6-9,11H2,1-2H3. The van der Waals surface area contributed by atoms with Gasteiger partial charge in [-0.1, -0.05) is 12.1 Å². The lowest BCUT2D eigenvalue weighted by atomic mass is 10.1. The average molecular weight is 265 g/mol. The van der Waals surface area contributed by atoms with Crippen molar-refractivity contribution in [2.45, 2.75) is 25.0 Å². The summed E-state index contributed by atoms with van der Waals surface area (Å²) < 4.78 is 16.4. The summed E-state index contributed by atoms with van der Waals surface area (Å²) in [6, 6.07) is 8.42. The van der Waals surface area contributed by atoms with Crippen molar-refractivity contribution in [3.8, 4) is 5.75 Å². The molecule has 2 rings (SSSR count). The van der Waals surface area contributed by atoms with Crippen molar-refractivity contribution in [2.24, 2.45) is 0 Å². The first-order valence-corrected chi connectivity index (χ1v) is 6.84. The molecule has 106 valence electrons. The van der Waals surface area contributed by atoms with E-state index in [2.05, 4.69) is 17.4 Å². The Labute approximate surface area is 115 Å². The van der Waals surface area contributed by atoms with Crippen LogP contribution in [-0.2, 0) is 9.47 Å². The van der Waals surface area contributed by atoms with Crippen LogP contribution in [0.4, 0.5) is 0 Å². The lowest BCUT2D eigenvalue weighted by Gasteiger charge is -2.17. The van der Waals surface area contributed by atoms with Gasteiger partial charge in [-0.05, 0) is 37.6 Å². The molecule has 4 nitrogen and oxygen atoms in total. The van der Waals surface area contributed by atoms with Crippen LogP contribution in [0, 0.1) is 0 Å². The zero-order chi connectivity index (χ0) is 13.5. The second-order valence-electron chi connectivity index (χ2n) is 4.80. The largest absolute Gasteiger partial charge is 0.490 e. The van der Waals surface area contributed by atoms with Gasteiger partial charge in [0.25, 0.3) is 0 Å². The molecule has 0 spiro atoms. The van der Waals surface area contributed by atoms with E-state index in [1.807, 2.05) is 19.2 Å². The van der Waals surface area contributed by atoms with E-state index in [4.69, 9.17) is 14.2 Å². The van der Waals surface area contributed by atoms with E-state index in [0.717, 1.165) is 5.75 Å². The van der Waals surface area contributed by atoms with Gasteiger partial charge in [-0.2, -0.15) is 0 Å². The molecule has 0 aromatic heterocycles. The molecular formula is C15H23NO3. The van der Waals surface area contributed by atoms with Gasteiger partial charge in [-0.25, -0.2) is 0 Å². The molecule has 1 atom stereocenters. The van der Waals surface area contributed by atoms with E-state index in [1.165, 1.54) is 18.4 Å². The van der Waals surface area contributed by atoms with Gasteiger partial charge in [-0.15, -0.1) is 0 Å². The first-order valence-electron chi connectivity index (χ1n) is 6.84. The first-order chi connectivity index (χ1) is 9.33. The highest BCUT2D eigenvalue weighted by Gasteiger charge is 2.23. The summed E-state index contributed by atoms with van der Waals surface area (Å²) >= 11 is 0. The molecule has 1 unspecified atom stereocenters. The maximum absolute atomic E-state index is 5.82. The number of rotatable bonds is 9. The van der Waals surface area contributed by atoms with Gasteiger partial charge in [0.15, 0.2) is 0 Å². The molecule has 19 heavy (non-hydrogen) atoms. The summed E-state index contributed by atoms with van der Waals surface area (Å²) in [5.74, 6) is 0.956. The fourth-order valence-electron chi connectivity index (χ4n) is 1.87. The van der Waals surface area contributed by atoms with E-state index in [0.29, 0.717) is 25.9 Å². The Balaban J connectivity index is 1.88. The van der Waals surface area contributed by atoms with Crippen molar-refractivity contribution in [2.75, 3.05) is 34.0 Å². The Kier molecular flexibility index (Phi) is 5.63. The summed E-state index contributed by atoms with van der Waals surface area (Å²) in [5.41, 5.74) is 1.19. The van der Waals surface area contributed by atoms with Crippen molar-refractivity contribution in [1.29, 1.82) is 0 Å². The number of likely N-dealkylation sites (N-methyl/N-ethyl adjacent to an activating group) is 1. The molecule has 0 heterocycles. The maximum atomic E-state index is 5.82. The summed E-state index contributed by atoms with van der Waals surface area (Å²) in [6.07, 6.45) is 2.79. The van der Waals surface area contributed by atoms with Crippen molar-refractivity contribution >= 4 is 0 Å². The zero-order valence-corrected chi connectivity index (χ0v) is 11.7. The molecule has 0 amide bonds. The lowest BCUT2D eigenvalue weighted by molar-refractivity contribution is 0.0596. The van der Waals surface area contributed by atoms with Gasteiger partial charge in [-0.3, -0.25) is 0 Å². The van der Waals surface area contributed by atoms with Crippen LogP contribution in [-0.4, -0.2) is 40.1 Å².